The second-order valence-corrected chi connectivity index (χ2v) is 4.93. The highest BCUT2D eigenvalue weighted by molar-refractivity contribution is 4.89. The first kappa shape index (κ1) is 10.4. The zero-order valence-corrected chi connectivity index (χ0v) is 9.46. The summed E-state index contributed by atoms with van der Waals surface area (Å²) in [6, 6.07) is 0.760. The average Bonchev–Trinajstić information content (AvgIpc) is 2.87. The van der Waals surface area contributed by atoms with Crippen LogP contribution < -0.4 is 5.32 Å². The number of methoxy groups -OCH3 is 1. The van der Waals surface area contributed by atoms with Gasteiger partial charge in [-0.25, -0.2) is 0 Å². The summed E-state index contributed by atoms with van der Waals surface area (Å²) in [7, 11) is 1.87. The van der Waals surface area contributed by atoms with E-state index >= 15 is 0 Å². The maximum atomic E-state index is 5.58. The van der Waals surface area contributed by atoms with E-state index in [0.717, 1.165) is 17.9 Å². The molecule has 1 saturated carbocycles. The van der Waals surface area contributed by atoms with E-state index in [1.165, 1.54) is 38.6 Å². The molecular formula is C12H23NO. The second kappa shape index (κ2) is 4.63. The summed E-state index contributed by atoms with van der Waals surface area (Å²) in [5.74, 6) is 1.60. The van der Waals surface area contributed by atoms with Gasteiger partial charge in [0, 0.05) is 13.2 Å². The van der Waals surface area contributed by atoms with Crippen LogP contribution in [-0.2, 0) is 4.74 Å². The number of hydrogen-bond donors (Lipinski definition) is 1. The van der Waals surface area contributed by atoms with E-state index < -0.39 is 0 Å². The van der Waals surface area contributed by atoms with Gasteiger partial charge < -0.3 is 10.1 Å². The van der Waals surface area contributed by atoms with Gasteiger partial charge in [0.1, 0.15) is 0 Å². The van der Waals surface area contributed by atoms with Gasteiger partial charge in [0.05, 0.1) is 6.10 Å². The highest BCUT2D eigenvalue weighted by Gasteiger charge is 2.35. The molecule has 0 bridgehead atoms. The molecule has 2 fully saturated rings. The minimum atomic E-state index is 0.535. The van der Waals surface area contributed by atoms with Crippen LogP contribution in [0.3, 0.4) is 0 Å². The summed E-state index contributed by atoms with van der Waals surface area (Å²) in [5, 5.41) is 3.62. The van der Waals surface area contributed by atoms with Crippen LogP contribution in [0.5, 0.6) is 0 Å². The summed E-state index contributed by atoms with van der Waals surface area (Å²) in [5.41, 5.74) is 0. The third-order valence-corrected chi connectivity index (χ3v) is 4.21. The number of hydrogen-bond acceptors (Lipinski definition) is 2. The lowest BCUT2D eigenvalue weighted by Gasteiger charge is -2.29. The van der Waals surface area contributed by atoms with Crippen LogP contribution in [-0.4, -0.2) is 25.8 Å². The minimum Gasteiger partial charge on any atom is -0.381 e. The molecule has 0 amide bonds. The predicted octanol–water partition coefficient (Wildman–Crippen LogP) is 2.19. The first-order chi connectivity index (χ1) is 6.83. The topological polar surface area (TPSA) is 21.3 Å². The van der Waals surface area contributed by atoms with Gasteiger partial charge >= 0.3 is 0 Å². The van der Waals surface area contributed by atoms with E-state index in [2.05, 4.69) is 12.2 Å². The number of nitrogens with one attached hydrogen (secondary N) is 1. The largest absolute Gasteiger partial charge is 0.381 e. The zero-order valence-electron chi connectivity index (χ0n) is 9.46. The van der Waals surface area contributed by atoms with Gasteiger partial charge in [-0.05, 0) is 44.1 Å². The van der Waals surface area contributed by atoms with Crippen molar-refractivity contribution < 1.29 is 4.74 Å². The van der Waals surface area contributed by atoms with Gasteiger partial charge in [-0.2, -0.15) is 0 Å². The van der Waals surface area contributed by atoms with Gasteiger partial charge in [-0.1, -0.05) is 13.3 Å². The molecule has 82 valence electrons. The molecule has 0 aromatic rings. The molecule has 1 saturated heterocycles. The van der Waals surface area contributed by atoms with Crippen LogP contribution in [0.4, 0.5) is 0 Å². The lowest BCUT2D eigenvalue weighted by molar-refractivity contribution is 0.0440. The molecule has 4 unspecified atom stereocenters. The van der Waals surface area contributed by atoms with Gasteiger partial charge in [-0.3, -0.25) is 0 Å². The molecule has 2 heteroatoms. The molecule has 0 radical (unpaired) electrons. The lowest BCUT2D eigenvalue weighted by atomic mass is 9.84. The Morgan fingerprint density at radius 3 is 2.71 bits per heavy atom. The minimum absolute atomic E-state index is 0.535. The Balaban J connectivity index is 1.92. The molecule has 1 heterocycles. The Kier molecular flexibility index (Phi) is 3.45. The molecule has 4 atom stereocenters. The Morgan fingerprint density at radius 2 is 2.07 bits per heavy atom. The molecule has 1 aliphatic carbocycles. The average molecular weight is 197 g/mol. The van der Waals surface area contributed by atoms with E-state index in [-0.39, 0.29) is 0 Å². The number of ether oxygens (including phenoxy) is 1. The number of rotatable bonds is 3. The normalized spacial score (nSPS) is 40.3. The Morgan fingerprint density at radius 1 is 1.21 bits per heavy atom. The van der Waals surface area contributed by atoms with E-state index in [4.69, 9.17) is 4.74 Å². The third-order valence-electron chi connectivity index (χ3n) is 4.21. The Hall–Kier alpha value is -0.0800. The Bertz CT molecular complexity index is 177. The maximum Gasteiger partial charge on any atom is 0.0602 e. The summed E-state index contributed by atoms with van der Waals surface area (Å²) in [6.07, 6.45) is 7.27. The van der Waals surface area contributed by atoms with Crippen LogP contribution in [0.25, 0.3) is 0 Å². The van der Waals surface area contributed by atoms with Gasteiger partial charge in [0.2, 0.25) is 0 Å². The fourth-order valence-electron chi connectivity index (χ4n) is 3.31. The summed E-state index contributed by atoms with van der Waals surface area (Å²) in [6.45, 7) is 3.63. The molecule has 2 nitrogen and oxygen atoms in total. The van der Waals surface area contributed by atoms with Crippen LogP contribution >= 0.6 is 0 Å². The van der Waals surface area contributed by atoms with Gasteiger partial charge in [0.15, 0.2) is 0 Å². The quantitative estimate of drug-likeness (QED) is 0.749. The van der Waals surface area contributed by atoms with Crippen molar-refractivity contribution in [1.29, 1.82) is 0 Å². The van der Waals surface area contributed by atoms with Crippen molar-refractivity contribution in [2.45, 2.75) is 51.2 Å². The second-order valence-electron chi connectivity index (χ2n) is 4.93. The SMILES string of the molecule is COC1CCCC1C(C)C1CCCN1. The molecule has 0 spiro atoms. The molecular weight excluding hydrogens is 174 g/mol. The van der Waals surface area contributed by atoms with Crippen LogP contribution in [0.1, 0.15) is 39.0 Å². The van der Waals surface area contributed by atoms with Crippen molar-refractivity contribution in [3.05, 3.63) is 0 Å². The monoisotopic (exact) mass is 197 g/mol. The van der Waals surface area contributed by atoms with Crippen molar-refractivity contribution in [3.63, 3.8) is 0 Å². The zero-order chi connectivity index (χ0) is 9.97. The molecule has 2 rings (SSSR count). The smallest absolute Gasteiger partial charge is 0.0602 e. The Labute approximate surface area is 87.4 Å². The first-order valence-electron chi connectivity index (χ1n) is 6.09. The molecule has 14 heavy (non-hydrogen) atoms. The van der Waals surface area contributed by atoms with E-state index in [0.29, 0.717) is 6.10 Å². The first-order valence-corrected chi connectivity index (χ1v) is 6.09. The van der Waals surface area contributed by atoms with Crippen molar-refractivity contribution in [1.82, 2.24) is 5.32 Å². The fraction of sp³-hybridized carbons (Fsp3) is 1.00. The summed E-state index contributed by atoms with van der Waals surface area (Å²) in [4.78, 5) is 0. The summed E-state index contributed by atoms with van der Waals surface area (Å²) < 4.78 is 5.58. The van der Waals surface area contributed by atoms with E-state index in [9.17, 15) is 0 Å². The highest BCUT2D eigenvalue weighted by Crippen LogP contribution is 2.36. The third kappa shape index (κ3) is 1.96. The van der Waals surface area contributed by atoms with Crippen LogP contribution in [0.15, 0.2) is 0 Å². The molecule has 1 aliphatic heterocycles. The predicted molar refractivity (Wildman–Crippen MR) is 58.3 cm³/mol. The standard InChI is InChI=1S/C12H23NO/c1-9(11-6-4-8-13-11)10-5-3-7-12(10)14-2/h9-13H,3-8H2,1-2H3. The van der Waals surface area contributed by atoms with Crippen molar-refractivity contribution in [3.8, 4) is 0 Å². The molecule has 0 aromatic heterocycles. The van der Waals surface area contributed by atoms with Crippen LogP contribution in [0.2, 0.25) is 0 Å². The summed E-state index contributed by atoms with van der Waals surface area (Å²) >= 11 is 0. The van der Waals surface area contributed by atoms with Gasteiger partial charge in [0.25, 0.3) is 0 Å². The molecule has 1 N–H and O–H groups in total. The molecule has 0 aromatic carbocycles. The van der Waals surface area contributed by atoms with Crippen molar-refractivity contribution in [2.24, 2.45) is 11.8 Å². The molecule has 2 aliphatic rings. The highest BCUT2D eigenvalue weighted by atomic mass is 16.5. The van der Waals surface area contributed by atoms with Crippen molar-refractivity contribution in [2.75, 3.05) is 13.7 Å². The fourth-order valence-corrected chi connectivity index (χ4v) is 3.31. The van der Waals surface area contributed by atoms with E-state index in [1.807, 2.05) is 7.11 Å². The van der Waals surface area contributed by atoms with Crippen molar-refractivity contribution >= 4 is 0 Å². The van der Waals surface area contributed by atoms with Crippen LogP contribution in [0, 0.1) is 11.8 Å². The maximum absolute atomic E-state index is 5.58. The van der Waals surface area contributed by atoms with E-state index in [1.54, 1.807) is 0 Å². The lowest BCUT2D eigenvalue weighted by Crippen LogP contribution is -2.36. The van der Waals surface area contributed by atoms with Gasteiger partial charge in [-0.15, -0.1) is 0 Å².